The monoisotopic (exact) mass is 416 g/mol. The number of nitrogens with one attached hydrogen (secondary N) is 1. The third kappa shape index (κ3) is 6.77. The van der Waals surface area contributed by atoms with Gasteiger partial charge in [-0.2, -0.15) is 0 Å². The zero-order valence-electron chi connectivity index (χ0n) is 19.1. The summed E-state index contributed by atoms with van der Waals surface area (Å²) in [4.78, 5) is 2.69. The number of hydrogen-bond donors (Lipinski definition) is 1. The van der Waals surface area contributed by atoms with Gasteiger partial charge in [-0.15, -0.1) is 0 Å². The van der Waals surface area contributed by atoms with E-state index in [0.29, 0.717) is 18.6 Å². The molecule has 3 nitrogen and oxygen atoms in total. The summed E-state index contributed by atoms with van der Waals surface area (Å²) in [6.45, 7) is 19.4. The Bertz CT molecular complexity index is 685. The van der Waals surface area contributed by atoms with Crippen LogP contribution in [0, 0.1) is 25.7 Å². The predicted octanol–water partition coefficient (Wildman–Crippen LogP) is 6.07. The molecule has 2 fully saturated rings. The molecular weight excluding hydrogens is 376 g/mol. The molecule has 0 amide bonds. The summed E-state index contributed by atoms with van der Waals surface area (Å²) in [5.74, 6) is 2.63. The van der Waals surface area contributed by atoms with Crippen LogP contribution in [-0.4, -0.2) is 35.9 Å². The van der Waals surface area contributed by atoms with Gasteiger partial charge in [0.1, 0.15) is 12.4 Å². The number of hydrogen-bond acceptors (Lipinski definition) is 4. The van der Waals surface area contributed by atoms with Gasteiger partial charge in [0.15, 0.2) is 0 Å². The first kappa shape index (κ1) is 22.7. The van der Waals surface area contributed by atoms with Gasteiger partial charge in [0.25, 0.3) is 0 Å². The van der Waals surface area contributed by atoms with Gasteiger partial charge in [0.05, 0.1) is 0 Å². The Labute approximate surface area is 182 Å². The van der Waals surface area contributed by atoms with E-state index < -0.39 is 0 Å². The molecule has 1 saturated heterocycles. The quantitative estimate of drug-likeness (QED) is 0.390. The second-order valence-electron chi connectivity index (χ2n) is 9.97. The molecule has 2 aliphatic rings. The highest BCUT2D eigenvalue weighted by Gasteiger charge is 2.33. The standard InChI is InChI=1S/C25H40N2OS/c1-7-14-28-23-16-19(3)18(2)15-22(23)24(26-29-25(4,5)6)21-10-12-27(13-11-21)17-20-8-9-20/h7,15-16,20-21,24,26H,1,8-14,17H2,2-6H3. The Kier molecular flexibility index (Phi) is 7.75. The van der Waals surface area contributed by atoms with E-state index in [4.69, 9.17) is 4.74 Å². The number of nitrogens with zero attached hydrogens (tertiary/aromatic N) is 1. The van der Waals surface area contributed by atoms with E-state index in [0.717, 1.165) is 11.7 Å². The molecule has 0 spiro atoms. The molecule has 162 valence electrons. The van der Waals surface area contributed by atoms with E-state index in [1.807, 2.05) is 18.0 Å². The zero-order valence-corrected chi connectivity index (χ0v) is 19.9. The van der Waals surface area contributed by atoms with Crippen molar-refractivity contribution in [3.05, 3.63) is 41.5 Å². The van der Waals surface area contributed by atoms with Crippen LogP contribution in [0.5, 0.6) is 5.75 Å². The Morgan fingerprint density at radius 1 is 1.17 bits per heavy atom. The lowest BCUT2D eigenvalue weighted by atomic mass is 9.84. The average molecular weight is 417 g/mol. The van der Waals surface area contributed by atoms with Crippen molar-refractivity contribution in [2.24, 2.45) is 11.8 Å². The van der Waals surface area contributed by atoms with Crippen LogP contribution < -0.4 is 9.46 Å². The highest BCUT2D eigenvalue weighted by Crippen LogP contribution is 2.40. The second kappa shape index (κ2) is 9.89. The normalized spacial score (nSPS) is 19.9. The van der Waals surface area contributed by atoms with Gasteiger partial charge in [0, 0.05) is 22.9 Å². The summed E-state index contributed by atoms with van der Waals surface area (Å²) in [5.41, 5.74) is 3.94. The van der Waals surface area contributed by atoms with Gasteiger partial charge in [-0.1, -0.05) is 30.7 Å². The fraction of sp³-hybridized carbons (Fsp3) is 0.680. The summed E-state index contributed by atoms with van der Waals surface area (Å²) in [6.07, 6.45) is 7.23. The van der Waals surface area contributed by atoms with Crippen LogP contribution in [0.3, 0.4) is 0 Å². The van der Waals surface area contributed by atoms with E-state index in [1.165, 1.54) is 62.0 Å². The molecule has 0 radical (unpaired) electrons. The van der Waals surface area contributed by atoms with Crippen LogP contribution in [0.4, 0.5) is 0 Å². The highest BCUT2D eigenvalue weighted by molar-refractivity contribution is 7.98. The molecule has 29 heavy (non-hydrogen) atoms. The molecule has 1 aliphatic carbocycles. The number of rotatable bonds is 9. The maximum atomic E-state index is 6.13. The predicted molar refractivity (Wildman–Crippen MR) is 127 cm³/mol. The number of ether oxygens (including phenoxy) is 1. The number of likely N-dealkylation sites (tertiary alicyclic amines) is 1. The zero-order chi connectivity index (χ0) is 21.0. The smallest absolute Gasteiger partial charge is 0.124 e. The first-order valence-electron chi connectivity index (χ1n) is 11.3. The van der Waals surface area contributed by atoms with Crippen LogP contribution in [0.1, 0.15) is 69.2 Å². The van der Waals surface area contributed by atoms with Gasteiger partial charge >= 0.3 is 0 Å². The fourth-order valence-corrected chi connectivity index (χ4v) is 4.92. The van der Waals surface area contributed by atoms with Gasteiger partial charge in [-0.05, 0) is 102 Å². The minimum atomic E-state index is 0.173. The largest absolute Gasteiger partial charge is 0.489 e. The Hall–Kier alpha value is -0.970. The van der Waals surface area contributed by atoms with Gasteiger partial charge in [-0.25, -0.2) is 0 Å². The third-order valence-corrected chi connectivity index (χ3v) is 7.11. The summed E-state index contributed by atoms with van der Waals surface area (Å²) in [7, 11) is 0. The molecule has 0 aromatic heterocycles. The van der Waals surface area contributed by atoms with E-state index in [2.05, 4.69) is 63.0 Å². The third-order valence-electron chi connectivity index (χ3n) is 6.13. The van der Waals surface area contributed by atoms with Crippen molar-refractivity contribution in [2.45, 2.75) is 71.1 Å². The first-order valence-corrected chi connectivity index (χ1v) is 12.1. The average Bonchev–Trinajstić information content (AvgIpc) is 3.47. The molecule has 1 aliphatic heterocycles. The van der Waals surface area contributed by atoms with Crippen molar-refractivity contribution < 1.29 is 4.74 Å². The van der Waals surface area contributed by atoms with Crippen LogP contribution >= 0.6 is 11.9 Å². The topological polar surface area (TPSA) is 24.5 Å². The van der Waals surface area contributed by atoms with Crippen molar-refractivity contribution in [1.82, 2.24) is 9.62 Å². The summed E-state index contributed by atoms with van der Waals surface area (Å²) < 4.78 is 10.2. The molecule has 1 atom stereocenters. The Morgan fingerprint density at radius 2 is 1.83 bits per heavy atom. The molecule has 1 saturated carbocycles. The van der Waals surface area contributed by atoms with Crippen molar-refractivity contribution >= 4 is 11.9 Å². The molecule has 1 aromatic carbocycles. The second-order valence-corrected chi connectivity index (χ2v) is 11.6. The van der Waals surface area contributed by atoms with Gasteiger partial charge in [0.2, 0.25) is 0 Å². The van der Waals surface area contributed by atoms with E-state index >= 15 is 0 Å². The Morgan fingerprint density at radius 3 is 2.41 bits per heavy atom. The molecular formula is C25H40N2OS. The number of aryl methyl sites for hydroxylation is 2. The minimum absolute atomic E-state index is 0.173. The summed E-state index contributed by atoms with van der Waals surface area (Å²) in [6, 6.07) is 4.87. The summed E-state index contributed by atoms with van der Waals surface area (Å²) in [5, 5.41) is 0. The van der Waals surface area contributed by atoms with Crippen LogP contribution in [0.2, 0.25) is 0 Å². The maximum Gasteiger partial charge on any atom is 0.124 e. The van der Waals surface area contributed by atoms with Crippen LogP contribution in [0.15, 0.2) is 24.8 Å². The molecule has 1 unspecified atom stereocenters. The molecule has 3 rings (SSSR count). The number of benzene rings is 1. The van der Waals surface area contributed by atoms with E-state index in [-0.39, 0.29) is 4.75 Å². The van der Waals surface area contributed by atoms with Gasteiger partial charge in [-0.3, -0.25) is 4.72 Å². The first-order chi connectivity index (χ1) is 13.8. The Balaban J connectivity index is 1.81. The fourth-order valence-electron chi connectivity index (χ4n) is 4.12. The van der Waals surface area contributed by atoms with Gasteiger partial charge < -0.3 is 9.64 Å². The molecule has 1 N–H and O–H groups in total. The van der Waals surface area contributed by atoms with Crippen LogP contribution in [0.25, 0.3) is 0 Å². The molecule has 0 bridgehead atoms. The highest BCUT2D eigenvalue weighted by atomic mass is 32.2. The van der Waals surface area contributed by atoms with E-state index in [9.17, 15) is 0 Å². The molecule has 1 aromatic rings. The van der Waals surface area contributed by atoms with Crippen molar-refractivity contribution in [3.63, 3.8) is 0 Å². The van der Waals surface area contributed by atoms with Crippen molar-refractivity contribution in [2.75, 3.05) is 26.2 Å². The van der Waals surface area contributed by atoms with Crippen molar-refractivity contribution in [1.29, 1.82) is 0 Å². The lowest BCUT2D eigenvalue weighted by Crippen LogP contribution is -2.39. The maximum absolute atomic E-state index is 6.13. The van der Waals surface area contributed by atoms with Crippen LogP contribution in [-0.2, 0) is 0 Å². The summed E-state index contributed by atoms with van der Waals surface area (Å²) >= 11 is 1.85. The lowest BCUT2D eigenvalue weighted by Gasteiger charge is -2.38. The van der Waals surface area contributed by atoms with Crippen molar-refractivity contribution in [3.8, 4) is 5.75 Å². The minimum Gasteiger partial charge on any atom is -0.489 e. The van der Waals surface area contributed by atoms with E-state index in [1.54, 1.807) is 0 Å². The number of piperidine rings is 1. The molecule has 1 heterocycles. The molecule has 4 heteroatoms. The SMILES string of the molecule is C=CCOc1cc(C)c(C)cc1C(NSC(C)(C)C)C1CCN(CC2CC2)CC1. The lowest BCUT2D eigenvalue weighted by molar-refractivity contribution is 0.159.